The predicted octanol–water partition coefficient (Wildman–Crippen LogP) is 2.36. The van der Waals surface area contributed by atoms with Crippen LogP contribution in [0.1, 0.15) is 0 Å². The third kappa shape index (κ3) is 2.51. The first kappa shape index (κ1) is 13.7. The second-order valence-corrected chi connectivity index (χ2v) is 4.52. The molecule has 87 valence electrons. The van der Waals surface area contributed by atoms with Gasteiger partial charge in [0.05, 0.1) is 5.52 Å². The van der Waals surface area contributed by atoms with Gasteiger partial charge in [-0.25, -0.2) is 4.98 Å². The van der Waals surface area contributed by atoms with Crippen molar-refractivity contribution in [1.82, 2.24) is 9.97 Å². The molecule has 18 heavy (non-hydrogen) atoms. The Bertz CT molecular complexity index is 751. The van der Waals surface area contributed by atoms with E-state index in [2.05, 4.69) is 9.97 Å². The number of rotatable bonds is 1. The number of thiophene rings is 1. The van der Waals surface area contributed by atoms with E-state index in [0.29, 0.717) is 21.6 Å². The molecule has 0 spiro atoms. The second kappa shape index (κ2) is 5.52. The number of nitrogens with zero attached hydrogens (tertiary/aromatic N) is 1. The molecule has 3 rings (SSSR count). The van der Waals surface area contributed by atoms with Crippen LogP contribution in [0.15, 0.2) is 40.5 Å². The normalized spacial score (nSPS) is 10.2. The van der Waals surface area contributed by atoms with Gasteiger partial charge in [-0.3, -0.25) is 4.79 Å². The van der Waals surface area contributed by atoms with Gasteiger partial charge in [-0.2, -0.15) is 0 Å². The molecule has 2 aromatic heterocycles. The van der Waals surface area contributed by atoms with E-state index in [0.717, 1.165) is 0 Å². The molecule has 0 aliphatic heterocycles. The second-order valence-electron chi connectivity index (χ2n) is 3.60. The summed E-state index contributed by atoms with van der Waals surface area (Å²) in [4.78, 5) is 18.8. The van der Waals surface area contributed by atoms with Crippen LogP contribution in [-0.4, -0.2) is 15.1 Å². The zero-order chi connectivity index (χ0) is 11.8. The van der Waals surface area contributed by atoms with Crippen molar-refractivity contribution in [2.24, 2.45) is 0 Å². The largest absolute Gasteiger partial charge is 0.508 e. The van der Waals surface area contributed by atoms with Gasteiger partial charge in [-0.15, -0.1) is 11.3 Å². The molecule has 1 aromatic carbocycles. The van der Waals surface area contributed by atoms with E-state index in [1.165, 1.54) is 11.3 Å². The zero-order valence-corrected chi connectivity index (χ0v) is 14.8. The minimum atomic E-state index is -0.150. The molecule has 0 saturated heterocycles. The summed E-state index contributed by atoms with van der Waals surface area (Å²) in [7, 11) is 0. The Labute approximate surface area is 142 Å². The van der Waals surface area contributed by atoms with Crippen molar-refractivity contribution >= 4 is 21.6 Å². The molecule has 0 saturated carbocycles. The van der Waals surface area contributed by atoms with Crippen LogP contribution in [0, 0.1) is 44.1 Å². The van der Waals surface area contributed by atoms with Gasteiger partial charge in [0.2, 0.25) is 0 Å². The maximum absolute atomic E-state index is 11.8. The number of phenols is 1. The average Bonchev–Trinajstić information content (AvgIpc) is 2.77. The van der Waals surface area contributed by atoms with Crippen LogP contribution in [-0.2, 0) is 0 Å². The summed E-state index contributed by atoms with van der Waals surface area (Å²) >= 11 is 1.37. The van der Waals surface area contributed by atoms with Gasteiger partial charge in [0.15, 0.2) is 0 Å². The number of hydrogen-bond donors (Lipinski definition) is 2. The van der Waals surface area contributed by atoms with E-state index < -0.39 is 0 Å². The van der Waals surface area contributed by atoms with Gasteiger partial charge in [0.1, 0.15) is 16.3 Å². The van der Waals surface area contributed by atoms with Crippen LogP contribution >= 0.6 is 11.3 Å². The third-order valence-electron chi connectivity index (χ3n) is 2.43. The van der Waals surface area contributed by atoms with Crippen molar-refractivity contribution in [1.29, 1.82) is 0 Å². The smallest absolute Gasteiger partial charge is 0.269 e. The molecule has 0 fully saturated rings. The first-order chi connectivity index (χ1) is 8.24. The van der Waals surface area contributed by atoms with Crippen molar-refractivity contribution in [2.75, 3.05) is 0 Å². The molecular formula is C12H8AcN2O2S. The van der Waals surface area contributed by atoms with Crippen molar-refractivity contribution in [3.8, 4) is 17.1 Å². The third-order valence-corrected chi connectivity index (χ3v) is 3.34. The molecule has 2 N–H and O–H groups in total. The molecule has 0 aliphatic carbocycles. The summed E-state index contributed by atoms with van der Waals surface area (Å²) in [5, 5.41) is 11.2. The predicted molar refractivity (Wildman–Crippen MR) is 67.3 cm³/mol. The van der Waals surface area contributed by atoms with Crippen molar-refractivity contribution in [3.63, 3.8) is 0 Å². The van der Waals surface area contributed by atoms with E-state index in [-0.39, 0.29) is 55.4 Å². The zero-order valence-electron chi connectivity index (χ0n) is 9.25. The molecular weight excluding hydrogens is 463 g/mol. The van der Waals surface area contributed by atoms with Crippen LogP contribution in [0.3, 0.4) is 0 Å². The quantitative estimate of drug-likeness (QED) is 0.573. The summed E-state index contributed by atoms with van der Waals surface area (Å²) in [6.45, 7) is 0. The van der Waals surface area contributed by atoms with Crippen molar-refractivity contribution in [3.05, 3.63) is 46.1 Å². The summed E-state index contributed by atoms with van der Waals surface area (Å²) in [6, 6.07) is 8.45. The minimum Gasteiger partial charge on any atom is -0.508 e. The summed E-state index contributed by atoms with van der Waals surface area (Å²) in [5.41, 5.74) is 1.22. The molecule has 2 heterocycles. The number of phenolic OH excluding ortho intramolecular Hbond substituents is 1. The van der Waals surface area contributed by atoms with E-state index in [1.807, 2.05) is 11.4 Å². The monoisotopic (exact) mass is 471 g/mol. The van der Waals surface area contributed by atoms with Crippen LogP contribution in [0.2, 0.25) is 0 Å². The van der Waals surface area contributed by atoms with Gasteiger partial charge >= 0.3 is 0 Å². The van der Waals surface area contributed by atoms with Gasteiger partial charge in [0, 0.05) is 49.6 Å². The van der Waals surface area contributed by atoms with Gasteiger partial charge in [-0.05, 0) is 23.6 Å². The summed E-state index contributed by atoms with van der Waals surface area (Å²) < 4.78 is 0.619. The maximum atomic E-state index is 11.8. The number of fused-ring (bicyclic) bond motifs is 1. The Morgan fingerprint density at radius 2 is 2.11 bits per heavy atom. The molecule has 1 radical (unpaired) electrons. The molecule has 4 nitrogen and oxygen atoms in total. The fraction of sp³-hybridized carbons (Fsp3) is 0. The SMILES string of the molecule is O=c1[nH]c(-c2cccc(O)c2)nc2ccsc12.[Ac]. The Hall–Kier alpha value is -0.698. The average molecular weight is 471 g/mol. The number of benzene rings is 1. The Morgan fingerprint density at radius 1 is 1.28 bits per heavy atom. The number of hydrogen-bond acceptors (Lipinski definition) is 4. The Balaban J connectivity index is 0.00000120. The topological polar surface area (TPSA) is 66.0 Å². The van der Waals surface area contributed by atoms with E-state index >= 15 is 0 Å². The van der Waals surface area contributed by atoms with E-state index in [9.17, 15) is 9.90 Å². The van der Waals surface area contributed by atoms with Crippen LogP contribution in [0.5, 0.6) is 5.75 Å². The fourth-order valence-electron chi connectivity index (χ4n) is 1.66. The molecule has 3 aromatic rings. The number of aromatic hydroxyl groups is 1. The summed E-state index contributed by atoms with van der Waals surface area (Å²) in [5.74, 6) is 0.618. The van der Waals surface area contributed by atoms with Crippen molar-refractivity contribution in [2.45, 2.75) is 0 Å². The van der Waals surface area contributed by atoms with Gasteiger partial charge in [0.25, 0.3) is 5.56 Å². The van der Waals surface area contributed by atoms with Crippen LogP contribution < -0.4 is 5.56 Å². The summed E-state index contributed by atoms with van der Waals surface area (Å²) in [6.07, 6.45) is 0. The van der Waals surface area contributed by atoms with E-state index in [1.54, 1.807) is 24.3 Å². The fourth-order valence-corrected chi connectivity index (χ4v) is 2.39. The van der Waals surface area contributed by atoms with Crippen molar-refractivity contribution < 1.29 is 49.2 Å². The Kier molecular flexibility index (Phi) is 4.21. The molecule has 0 bridgehead atoms. The first-order valence-electron chi connectivity index (χ1n) is 5.01. The molecule has 0 aliphatic rings. The molecule has 0 unspecified atom stereocenters. The maximum Gasteiger partial charge on any atom is 0.269 e. The number of nitrogens with one attached hydrogen (secondary N) is 1. The molecule has 6 heteroatoms. The number of aromatic nitrogens is 2. The van der Waals surface area contributed by atoms with Gasteiger partial charge in [-0.1, -0.05) is 12.1 Å². The minimum absolute atomic E-state index is 0. The van der Waals surface area contributed by atoms with Crippen LogP contribution in [0.4, 0.5) is 0 Å². The Morgan fingerprint density at radius 3 is 2.89 bits per heavy atom. The molecule has 0 amide bonds. The number of aromatic amines is 1. The van der Waals surface area contributed by atoms with Gasteiger partial charge < -0.3 is 10.1 Å². The number of H-pyrrole nitrogens is 1. The van der Waals surface area contributed by atoms with Crippen LogP contribution in [0.25, 0.3) is 21.6 Å². The molecule has 0 atom stereocenters. The first-order valence-corrected chi connectivity index (χ1v) is 5.89. The van der Waals surface area contributed by atoms with E-state index in [4.69, 9.17) is 0 Å². The standard InChI is InChI=1S/C12H8N2O2S.Ac/c15-8-3-1-2-7(6-8)11-13-9-4-5-17-10(9)12(16)14-11;/h1-6,15H,(H,13,14,16);.